The first-order valence-electron chi connectivity index (χ1n) is 9.76. The number of hydrogen-bond acceptors (Lipinski definition) is 3. The fourth-order valence-corrected chi connectivity index (χ4v) is 3.86. The van der Waals surface area contributed by atoms with Crippen LogP contribution in [0.15, 0.2) is 54.7 Å². The summed E-state index contributed by atoms with van der Waals surface area (Å²) in [4.78, 5) is 22.1. The average molecular weight is 362 g/mol. The van der Waals surface area contributed by atoms with Gasteiger partial charge in [-0.1, -0.05) is 30.3 Å². The van der Waals surface area contributed by atoms with Crippen LogP contribution in [0.2, 0.25) is 0 Å². The van der Waals surface area contributed by atoms with Crippen LogP contribution in [-0.4, -0.2) is 47.0 Å². The van der Waals surface area contributed by atoms with Crippen LogP contribution in [0.1, 0.15) is 28.9 Å². The second kappa shape index (κ2) is 8.35. The molecule has 2 aromatic heterocycles. The standard InChI is InChI=1S/C22H26N4O/c27-22(20-16-19-7-4-10-23-21(19)25-20)24-11-14-26-12-8-18(9-13-26)15-17-5-2-1-3-6-17/h1-7,10,16,18H,8-9,11-15H2,(H,23,25)(H,24,27). The molecule has 1 saturated heterocycles. The fraction of sp³-hybridized carbons (Fsp3) is 0.364. The number of nitrogens with zero attached hydrogens (tertiary/aromatic N) is 2. The van der Waals surface area contributed by atoms with Gasteiger partial charge in [-0.25, -0.2) is 4.98 Å². The summed E-state index contributed by atoms with van der Waals surface area (Å²) in [5.74, 6) is 0.712. The Morgan fingerprint density at radius 3 is 2.74 bits per heavy atom. The summed E-state index contributed by atoms with van der Waals surface area (Å²) in [6.45, 7) is 3.81. The third-order valence-corrected chi connectivity index (χ3v) is 5.42. The van der Waals surface area contributed by atoms with Gasteiger partial charge in [-0.15, -0.1) is 0 Å². The lowest BCUT2D eigenvalue weighted by Crippen LogP contribution is -2.40. The number of aromatic amines is 1. The summed E-state index contributed by atoms with van der Waals surface area (Å²) in [6.07, 6.45) is 5.37. The number of aromatic nitrogens is 2. The van der Waals surface area contributed by atoms with Crippen LogP contribution >= 0.6 is 0 Å². The Labute approximate surface area is 159 Å². The topological polar surface area (TPSA) is 61.0 Å². The molecule has 0 bridgehead atoms. The van der Waals surface area contributed by atoms with Gasteiger partial charge in [0.25, 0.3) is 5.91 Å². The Bertz CT molecular complexity index is 848. The van der Waals surface area contributed by atoms with Gasteiger partial charge in [0.1, 0.15) is 11.3 Å². The molecular weight excluding hydrogens is 336 g/mol. The molecule has 0 atom stereocenters. The number of nitrogens with one attached hydrogen (secondary N) is 2. The molecule has 1 aromatic carbocycles. The molecule has 5 heteroatoms. The molecule has 0 saturated carbocycles. The molecule has 1 aliphatic rings. The van der Waals surface area contributed by atoms with Crippen LogP contribution in [0.5, 0.6) is 0 Å². The third-order valence-electron chi connectivity index (χ3n) is 5.42. The van der Waals surface area contributed by atoms with Crippen LogP contribution in [0.4, 0.5) is 0 Å². The lowest BCUT2D eigenvalue weighted by molar-refractivity contribution is 0.0939. The highest BCUT2D eigenvalue weighted by Gasteiger charge is 2.19. The van der Waals surface area contributed by atoms with E-state index in [2.05, 4.69) is 50.5 Å². The molecule has 1 amide bonds. The van der Waals surface area contributed by atoms with Crippen molar-refractivity contribution in [1.29, 1.82) is 0 Å². The van der Waals surface area contributed by atoms with Crippen molar-refractivity contribution in [1.82, 2.24) is 20.2 Å². The molecule has 4 rings (SSSR count). The fourth-order valence-electron chi connectivity index (χ4n) is 3.86. The van der Waals surface area contributed by atoms with E-state index >= 15 is 0 Å². The summed E-state index contributed by atoms with van der Waals surface area (Å²) in [5.41, 5.74) is 2.77. The number of hydrogen-bond donors (Lipinski definition) is 2. The normalized spacial score (nSPS) is 15.9. The predicted molar refractivity (Wildman–Crippen MR) is 108 cm³/mol. The predicted octanol–water partition coefficient (Wildman–Crippen LogP) is 3.25. The van der Waals surface area contributed by atoms with Crippen molar-refractivity contribution in [2.75, 3.05) is 26.2 Å². The molecule has 0 radical (unpaired) electrons. The Balaban J connectivity index is 1.19. The largest absolute Gasteiger partial charge is 0.349 e. The van der Waals surface area contributed by atoms with Crippen molar-refractivity contribution in [3.8, 4) is 0 Å². The second-order valence-corrected chi connectivity index (χ2v) is 7.35. The quantitative estimate of drug-likeness (QED) is 0.708. The highest BCUT2D eigenvalue weighted by molar-refractivity contribution is 5.97. The molecule has 1 aliphatic heterocycles. The monoisotopic (exact) mass is 362 g/mol. The van der Waals surface area contributed by atoms with Gasteiger partial charge in [-0.2, -0.15) is 0 Å². The molecular formula is C22H26N4O. The van der Waals surface area contributed by atoms with E-state index in [-0.39, 0.29) is 5.91 Å². The summed E-state index contributed by atoms with van der Waals surface area (Å²) < 4.78 is 0. The van der Waals surface area contributed by atoms with Crippen molar-refractivity contribution in [3.05, 3.63) is 66.0 Å². The number of H-pyrrole nitrogens is 1. The van der Waals surface area contributed by atoms with E-state index < -0.39 is 0 Å². The number of rotatable bonds is 6. The zero-order valence-electron chi connectivity index (χ0n) is 15.5. The lowest BCUT2D eigenvalue weighted by atomic mass is 9.90. The van der Waals surface area contributed by atoms with E-state index in [1.54, 1.807) is 6.20 Å². The van der Waals surface area contributed by atoms with Gasteiger partial charge in [-0.3, -0.25) is 4.79 Å². The van der Waals surface area contributed by atoms with Crippen molar-refractivity contribution in [2.45, 2.75) is 19.3 Å². The smallest absolute Gasteiger partial charge is 0.267 e. The molecule has 140 valence electrons. The van der Waals surface area contributed by atoms with Crippen LogP contribution in [-0.2, 0) is 6.42 Å². The van der Waals surface area contributed by atoms with E-state index in [1.165, 1.54) is 24.8 Å². The minimum atomic E-state index is -0.0630. The molecule has 0 spiro atoms. The molecule has 1 fully saturated rings. The van der Waals surface area contributed by atoms with Gasteiger partial charge in [0.05, 0.1) is 0 Å². The van der Waals surface area contributed by atoms with Gasteiger partial charge in [0, 0.05) is 24.7 Å². The van der Waals surface area contributed by atoms with Gasteiger partial charge in [0.2, 0.25) is 0 Å². The van der Waals surface area contributed by atoms with Crippen LogP contribution in [0, 0.1) is 5.92 Å². The summed E-state index contributed by atoms with van der Waals surface area (Å²) in [7, 11) is 0. The van der Waals surface area contributed by atoms with E-state index in [0.717, 1.165) is 36.6 Å². The molecule has 2 N–H and O–H groups in total. The van der Waals surface area contributed by atoms with Gasteiger partial charge in [-0.05, 0) is 62.0 Å². The Morgan fingerprint density at radius 2 is 1.96 bits per heavy atom. The summed E-state index contributed by atoms with van der Waals surface area (Å²) >= 11 is 0. The van der Waals surface area contributed by atoms with Crippen molar-refractivity contribution in [2.24, 2.45) is 5.92 Å². The number of piperidine rings is 1. The first-order chi connectivity index (χ1) is 13.3. The van der Waals surface area contributed by atoms with Crippen molar-refractivity contribution >= 4 is 16.9 Å². The maximum atomic E-state index is 12.3. The van der Waals surface area contributed by atoms with Crippen LogP contribution < -0.4 is 5.32 Å². The minimum absolute atomic E-state index is 0.0630. The third kappa shape index (κ3) is 4.55. The van der Waals surface area contributed by atoms with Gasteiger partial charge in [0.15, 0.2) is 0 Å². The minimum Gasteiger partial charge on any atom is -0.349 e. The van der Waals surface area contributed by atoms with Crippen molar-refractivity contribution in [3.63, 3.8) is 0 Å². The SMILES string of the molecule is O=C(NCCN1CCC(Cc2ccccc2)CC1)c1cc2cccnc2[nH]1. The second-order valence-electron chi connectivity index (χ2n) is 7.35. The maximum Gasteiger partial charge on any atom is 0.267 e. The molecule has 0 unspecified atom stereocenters. The van der Waals surface area contributed by atoms with E-state index in [9.17, 15) is 4.79 Å². The highest BCUT2D eigenvalue weighted by Crippen LogP contribution is 2.21. The van der Waals surface area contributed by atoms with Crippen molar-refractivity contribution < 1.29 is 4.79 Å². The number of pyridine rings is 1. The molecule has 3 heterocycles. The zero-order valence-corrected chi connectivity index (χ0v) is 15.5. The highest BCUT2D eigenvalue weighted by atomic mass is 16.1. The number of fused-ring (bicyclic) bond motifs is 1. The number of benzene rings is 1. The number of amides is 1. The Hall–Kier alpha value is -2.66. The first kappa shape index (κ1) is 17.7. The van der Waals surface area contributed by atoms with Gasteiger partial charge >= 0.3 is 0 Å². The number of carbonyl (C=O) groups is 1. The Kier molecular flexibility index (Phi) is 5.49. The summed E-state index contributed by atoms with van der Waals surface area (Å²) in [5, 5.41) is 3.98. The molecule has 5 nitrogen and oxygen atoms in total. The van der Waals surface area contributed by atoms with Crippen LogP contribution in [0.25, 0.3) is 11.0 Å². The maximum absolute atomic E-state index is 12.3. The average Bonchev–Trinajstić information content (AvgIpc) is 3.14. The van der Waals surface area contributed by atoms with Gasteiger partial charge < -0.3 is 15.2 Å². The molecule has 3 aromatic rings. The van der Waals surface area contributed by atoms with Crippen LogP contribution in [0.3, 0.4) is 0 Å². The first-order valence-corrected chi connectivity index (χ1v) is 9.76. The molecule has 0 aliphatic carbocycles. The Morgan fingerprint density at radius 1 is 1.15 bits per heavy atom. The summed E-state index contributed by atoms with van der Waals surface area (Å²) in [6, 6.07) is 16.4. The van der Waals surface area contributed by atoms with E-state index in [1.807, 2.05) is 18.2 Å². The van der Waals surface area contributed by atoms with E-state index in [4.69, 9.17) is 0 Å². The number of likely N-dealkylation sites (tertiary alicyclic amines) is 1. The lowest BCUT2D eigenvalue weighted by Gasteiger charge is -2.32. The molecule has 27 heavy (non-hydrogen) atoms. The number of carbonyl (C=O) groups excluding carboxylic acids is 1. The zero-order chi connectivity index (χ0) is 18.5. The van der Waals surface area contributed by atoms with E-state index in [0.29, 0.717) is 12.2 Å².